The Balaban J connectivity index is 2.46. The number of hydrogen-bond donors (Lipinski definition) is 3. The number of amides is 1. The van der Waals surface area contributed by atoms with Gasteiger partial charge in [0.05, 0.1) is 18.8 Å². The van der Waals surface area contributed by atoms with Crippen molar-refractivity contribution in [2.24, 2.45) is 5.73 Å². The molecular formula is C8H13N5O3. The molecule has 1 amide bonds. The summed E-state index contributed by atoms with van der Waals surface area (Å²) in [5.41, 5.74) is 5.82. The lowest BCUT2D eigenvalue weighted by atomic mass is 10.3. The van der Waals surface area contributed by atoms with Gasteiger partial charge in [0.2, 0.25) is 5.91 Å². The lowest BCUT2D eigenvalue weighted by molar-refractivity contribution is -0.138. The number of hydrogen-bond acceptors (Lipinski definition) is 5. The molecule has 1 rings (SSSR count). The van der Waals surface area contributed by atoms with E-state index in [1.165, 1.54) is 10.9 Å². The molecule has 0 saturated heterocycles. The second-order valence-corrected chi connectivity index (χ2v) is 3.31. The van der Waals surface area contributed by atoms with Gasteiger partial charge in [-0.15, -0.1) is 5.10 Å². The molecule has 0 bridgehead atoms. The fourth-order valence-electron chi connectivity index (χ4n) is 0.974. The molecule has 8 nitrogen and oxygen atoms in total. The van der Waals surface area contributed by atoms with Crippen LogP contribution in [0.4, 0.5) is 0 Å². The van der Waals surface area contributed by atoms with Gasteiger partial charge in [-0.05, 0) is 6.92 Å². The van der Waals surface area contributed by atoms with Gasteiger partial charge in [-0.3, -0.25) is 9.59 Å². The molecule has 0 aromatic carbocycles. The SMILES string of the molecule is CC(N)C(=O)NCc1cn(CC(=O)O)nn1. The zero-order chi connectivity index (χ0) is 12.1. The molecule has 88 valence electrons. The maximum Gasteiger partial charge on any atom is 0.325 e. The minimum absolute atomic E-state index is 0.181. The predicted molar refractivity (Wildman–Crippen MR) is 53.2 cm³/mol. The van der Waals surface area contributed by atoms with Gasteiger partial charge in [-0.2, -0.15) is 0 Å². The first-order valence-corrected chi connectivity index (χ1v) is 4.63. The van der Waals surface area contributed by atoms with Crippen LogP contribution in [0, 0.1) is 0 Å². The number of carbonyl (C=O) groups excluding carboxylic acids is 1. The molecule has 1 atom stereocenters. The highest BCUT2D eigenvalue weighted by atomic mass is 16.4. The fraction of sp³-hybridized carbons (Fsp3) is 0.500. The Labute approximate surface area is 91.4 Å². The van der Waals surface area contributed by atoms with E-state index < -0.39 is 12.0 Å². The summed E-state index contributed by atoms with van der Waals surface area (Å²) in [6, 6.07) is -0.589. The molecule has 16 heavy (non-hydrogen) atoms. The van der Waals surface area contributed by atoms with Gasteiger partial charge in [0.1, 0.15) is 12.2 Å². The van der Waals surface area contributed by atoms with Gasteiger partial charge in [0.15, 0.2) is 0 Å². The van der Waals surface area contributed by atoms with Crippen molar-refractivity contribution in [3.05, 3.63) is 11.9 Å². The van der Waals surface area contributed by atoms with Gasteiger partial charge in [0.25, 0.3) is 0 Å². The van der Waals surface area contributed by atoms with Crippen LogP contribution in [0.15, 0.2) is 6.20 Å². The van der Waals surface area contributed by atoms with Crippen molar-refractivity contribution in [1.82, 2.24) is 20.3 Å². The number of aliphatic carboxylic acids is 1. The summed E-state index contributed by atoms with van der Waals surface area (Å²) < 4.78 is 1.18. The van der Waals surface area contributed by atoms with E-state index in [-0.39, 0.29) is 19.0 Å². The minimum atomic E-state index is -1.00. The molecule has 0 spiro atoms. The van der Waals surface area contributed by atoms with E-state index >= 15 is 0 Å². The molecular weight excluding hydrogens is 214 g/mol. The van der Waals surface area contributed by atoms with Crippen LogP contribution in [-0.4, -0.2) is 38.0 Å². The summed E-state index contributed by atoms with van der Waals surface area (Å²) >= 11 is 0. The Morgan fingerprint density at radius 2 is 2.38 bits per heavy atom. The number of carboxylic acids is 1. The quantitative estimate of drug-likeness (QED) is 0.552. The number of nitrogens with zero attached hydrogens (tertiary/aromatic N) is 3. The second-order valence-electron chi connectivity index (χ2n) is 3.31. The molecule has 1 aromatic rings. The van der Waals surface area contributed by atoms with Crippen LogP contribution < -0.4 is 11.1 Å². The van der Waals surface area contributed by atoms with E-state index in [0.29, 0.717) is 5.69 Å². The van der Waals surface area contributed by atoms with E-state index in [4.69, 9.17) is 10.8 Å². The maximum absolute atomic E-state index is 11.1. The van der Waals surface area contributed by atoms with Crippen molar-refractivity contribution in [3.8, 4) is 0 Å². The number of carbonyl (C=O) groups is 2. The summed E-state index contributed by atoms with van der Waals surface area (Å²) in [6.07, 6.45) is 1.45. The number of rotatable bonds is 5. The van der Waals surface area contributed by atoms with Crippen molar-refractivity contribution in [3.63, 3.8) is 0 Å². The smallest absolute Gasteiger partial charge is 0.325 e. The molecule has 4 N–H and O–H groups in total. The third kappa shape index (κ3) is 3.65. The molecule has 0 aliphatic carbocycles. The first-order valence-electron chi connectivity index (χ1n) is 4.63. The molecule has 1 aromatic heterocycles. The van der Waals surface area contributed by atoms with Crippen LogP contribution >= 0.6 is 0 Å². The third-order valence-electron chi connectivity index (χ3n) is 1.74. The Morgan fingerprint density at radius 3 is 2.94 bits per heavy atom. The predicted octanol–water partition coefficient (Wildman–Crippen LogP) is -1.67. The highest BCUT2D eigenvalue weighted by Crippen LogP contribution is 1.92. The minimum Gasteiger partial charge on any atom is -0.480 e. The summed E-state index contributed by atoms with van der Waals surface area (Å²) in [6.45, 7) is 1.49. The average Bonchev–Trinajstić information content (AvgIpc) is 2.60. The zero-order valence-electron chi connectivity index (χ0n) is 8.75. The first kappa shape index (κ1) is 12.1. The first-order chi connectivity index (χ1) is 7.49. The lowest BCUT2D eigenvalue weighted by Crippen LogP contribution is -2.37. The van der Waals surface area contributed by atoms with E-state index in [2.05, 4.69) is 15.6 Å². The fourth-order valence-corrected chi connectivity index (χ4v) is 0.974. The number of carboxylic acid groups (broad SMARTS) is 1. The zero-order valence-corrected chi connectivity index (χ0v) is 8.75. The van der Waals surface area contributed by atoms with Crippen molar-refractivity contribution < 1.29 is 14.7 Å². The summed E-state index contributed by atoms with van der Waals surface area (Å²) in [5, 5.41) is 18.3. The summed E-state index contributed by atoms with van der Waals surface area (Å²) in [7, 11) is 0. The van der Waals surface area contributed by atoms with Crippen molar-refractivity contribution in [1.29, 1.82) is 0 Å². The summed E-state index contributed by atoms with van der Waals surface area (Å²) in [4.78, 5) is 21.5. The maximum atomic E-state index is 11.1. The van der Waals surface area contributed by atoms with E-state index in [1.54, 1.807) is 6.92 Å². The molecule has 0 radical (unpaired) electrons. The number of nitrogens with one attached hydrogen (secondary N) is 1. The van der Waals surface area contributed by atoms with Crippen LogP contribution in [0.5, 0.6) is 0 Å². The van der Waals surface area contributed by atoms with Crippen LogP contribution in [0.2, 0.25) is 0 Å². The van der Waals surface area contributed by atoms with Crippen molar-refractivity contribution >= 4 is 11.9 Å². The Morgan fingerprint density at radius 1 is 1.69 bits per heavy atom. The van der Waals surface area contributed by atoms with E-state index in [0.717, 1.165) is 0 Å². The van der Waals surface area contributed by atoms with Crippen LogP contribution in [0.3, 0.4) is 0 Å². The van der Waals surface area contributed by atoms with Gasteiger partial charge >= 0.3 is 5.97 Å². The van der Waals surface area contributed by atoms with Crippen molar-refractivity contribution in [2.75, 3.05) is 0 Å². The van der Waals surface area contributed by atoms with Crippen LogP contribution in [0.25, 0.3) is 0 Å². The summed E-state index contributed by atoms with van der Waals surface area (Å²) in [5.74, 6) is -1.30. The van der Waals surface area contributed by atoms with Gasteiger partial charge in [0, 0.05) is 0 Å². The van der Waals surface area contributed by atoms with Crippen LogP contribution in [0.1, 0.15) is 12.6 Å². The molecule has 0 saturated carbocycles. The molecule has 1 unspecified atom stereocenters. The standard InChI is InChI=1S/C8H13N5O3/c1-5(9)8(16)10-2-6-3-13(12-11-6)4-7(14)15/h3,5H,2,4,9H2,1H3,(H,10,16)(H,14,15). The normalized spacial score (nSPS) is 12.1. The highest BCUT2D eigenvalue weighted by molar-refractivity contribution is 5.80. The molecule has 0 fully saturated rings. The number of nitrogens with two attached hydrogens (primary N) is 1. The Kier molecular flexibility index (Phi) is 3.95. The number of aromatic nitrogens is 3. The molecule has 0 aliphatic heterocycles. The van der Waals surface area contributed by atoms with Gasteiger partial charge in [-0.1, -0.05) is 5.21 Å². The lowest BCUT2D eigenvalue weighted by Gasteiger charge is -2.04. The Bertz CT molecular complexity index is 387. The van der Waals surface area contributed by atoms with Gasteiger partial charge < -0.3 is 16.2 Å². The second kappa shape index (κ2) is 5.21. The largest absolute Gasteiger partial charge is 0.480 e. The van der Waals surface area contributed by atoms with E-state index in [1.807, 2.05) is 0 Å². The van der Waals surface area contributed by atoms with Crippen LogP contribution in [-0.2, 0) is 22.7 Å². The highest BCUT2D eigenvalue weighted by Gasteiger charge is 2.08. The Hall–Kier alpha value is -1.96. The molecule has 1 heterocycles. The van der Waals surface area contributed by atoms with Crippen molar-refractivity contribution in [2.45, 2.75) is 26.1 Å². The molecule has 0 aliphatic rings. The molecule has 8 heteroatoms. The van der Waals surface area contributed by atoms with Gasteiger partial charge in [-0.25, -0.2) is 4.68 Å². The topological polar surface area (TPSA) is 123 Å². The van der Waals surface area contributed by atoms with E-state index in [9.17, 15) is 9.59 Å². The monoisotopic (exact) mass is 227 g/mol. The third-order valence-corrected chi connectivity index (χ3v) is 1.74. The average molecular weight is 227 g/mol.